The molecule has 2 nitrogen and oxygen atoms in total. The zero-order chi connectivity index (χ0) is 20.2. The third-order valence-corrected chi connectivity index (χ3v) is 6.55. The van der Waals surface area contributed by atoms with Crippen molar-refractivity contribution in [3.05, 3.63) is 91.0 Å². The van der Waals surface area contributed by atoms with Crippen LogP contribution in [-0.2, 0) is 0 Å². The maximum Gasteiger partial charge on any atom is 0.0595 e. The van der Waals surface area contributed by atoms with E-state index in [1.165, 1.54) is 49.3 Å². The zero-order valence-corrected chi connectivity index (χ0v) is 17.3. The highest BCUT2D eigenvalue weighted by Crippen LogP contribution is 2.41. The molecule has 0 spiro atoms. The van der Waals surface area contributed by atoms with Crippen LogP contribution in [0.1, 0.15) is 26.3 Å². The second-order valence-corrected chi connectivity index (χ2v) is 8.19. The van der Waals surface area contributed by atoms with Crippen LogP contribution in [0.4, 0.5) is 0 Å². The fourth-order valence-corrected chi connectivity index (χ4v) is 5.04. The average Bonchev–Trinajstić information content (AvgIpc) is 3.32. The maximum absolute atomic E-state index is 2.56. The van der Waals surface area contributed by atoms with E-state index in [-0.39, 0.29) is 0 Å². The Bertz CT molecular complexity index is 1530. The molecule has 0 aliphatic heterocycles. The molecule has 4 aromatic carbocycles. The van der Waals surface area contributed by atoms with Crippen molar-refractivity contribution in [2.24, 2.45) is 0 Å². The first-order valence-corrected chi connectivity index (χ1v) is 10.8. The smallest absolute Gasteiger partial charge is 0.0595 e. The summed E-state index contributed by atoms with van der Waals surface area (Å²) >= 11 is 0. The van der Waals surface area contributed by atoms with Crippen LogP contribution in [0.15, 0.2) is 91.0 Å². The molecule has 2 heteroatoms. The highest BCUT2D eigenvalue weighted by Gasteiger charge is 2.21. The SMILES string of the molecule is CCC(C)n1c2ccccc2c2ccc3c(c4ccccc4n3-c3ccccc3)c21. The predicted octanol–water partition coefficient (Wildman–Crippen LogP) is 7.86. The number of aromatic nitrogens is 2. The summed E-state index contributed by atoms with van der Waals surface area (Å²) in [6.07, 6.45) is 1.10. The summed E-state index contributed by atoms with van der Waals surface area (Å²) in [4.78, 5) is 0. The van der Waals surface area contributed by atoms with Crippen LogP contribution in [0.2, 0.25) is 0 Å². The van der Waals surface area contributed by atoms with E-state index < -0.39 is 0 Å². The van der Waals surface area contributed by atoms with Gasteiger partial charge in [0, 0.05) is 38.8 Å². The Balaban J connectivity index is 1.90. The number of rotatable bonds is 3. The van der Waals surface area contributed by atoms with Gasteiger partial charge in [-0.25, -0.2) is 0 Å². The minimum Gasteiger partial charge on any atom is -0.337 e. The summed E-state index contributed by atoms with van der Waals surface area (Å²) in [5.74, 6) is 0. The average molecular weight is 389 g/mol. The number of hydrogen-bond acceptors (Lipinski definition) is 0. The fraction of sp³-hybridized carbons (Fsp3) is 0.143. The molecule has 0 saturated heterocycles. The van der Waals surface area contributed by atoms with Crippen LogP contribution >= 0.6 is 0 Å². The number of fused-ring (bicyclic) bond motifs is 7. The zero-order valence-electron chi connectivity index (χ0n) is 17.3. The molecule has 0 aliphatic rings. The Labute approximate surface area is 176 Å². The highest BCUT2D eigenvalue weighted by atomic mass is 15.0. The van der Waals surface area contributed by atoms with Crippen LogP contribution in [0.3, 0.4) is 0 Å². The van der Waals surface area contributed by atoms with E-state index in [0.717, 1.165) is 6.42 Å². The van der Waals surface area contributed by atoms with Crippen molar-refractivity contribution >= 4 is 43.6 Å². The molecule has 1 atom stereocenters. The van der Waals surface area contributed by atoms with Gasteiger partial charge >= 0.3 is 0 Å². The van der Waals surface area contributed by atoms with E-state index in [0.29, 0.717) is 6.04 Å². The highest BCUT2D eigenvalue weighted by molar-refractivity contribution is 6.25. The Hall–Kier alpha value is -3.52. The lowest BCUT2D eigenvalue weighted by Crippen LogP contribution is -2.03. The lowest BCUT2D eigenvalue weighted by molar-refractivity contribution is 0.564. The molecule has 6 rings (SSSR count). The number of hydrogen-bond donors (Lipinski definition) is 0. The second-order valence-electron chi connectivity index (χ2n) is 8.19. The normalized spacial score (nSPS) is 13.0. The van der Waals surface area contributed by atoms with Crippen LogP contribution in [0, 0.1) is 0 Å². The van der Waals surface area contributed by atoms with E-state index in [1.807, 2.05) is 0 Å². The third-order valence-electron chi connectivity index (χ3n) is 6.55. The van der Waals surface area contributed by atoms with Crippen LogP contribution in [0.5, 0.6) is 0 Å². The molecular formula is C28H24N2. The quantitative estimate of drug-likeness (QED) is 0.292. The Kier molecular flexibility index (Phi) is 3.76. The van der Waals surface area contributed by atoms with Crippen molar-refractivity contribution in [1.82, 2.24) is 9.13 Å². The molecule has 0 bridgehead atoms. The van der Waals surface area contributed by atoms with Crippen molar-refractivity contribution in [2.75, 3.05) is 0 Å². The Morgan fingerprint density at radius 1 is 0.633 bits per heavy atom. The Morgan fingerprint density at radius 3 is 2.07 bits per heavy atom. The lowest BCUT2D eigenvalue weighted by atomic mass is 10.1. The first kappa shape index (κ1) is 17.3. The molecule has 0 amide bonds. The maximum atomic E-state index is 2.56. The molecule has 0 fully saturated rings. The second kappa shape index (κ2) is 6.50. The van der Waals surface area contributed by atoms with Crippen molar-refractivity contribution in [2.45, 2.75) is 26.3 Å². The number of benzene rings is 4. The van der Waals surface area contributed by atoms with Gasteiger partial charge in [0.05, 0.1) is 16.6 Å². The van der Waals surface area contributed by atoms with E-state index >= 15 is 0 Å². The van der Waals surface area contributed by atoms with Gasteiger partial charge in [0.2, 0.25) is 0 Å². The van der Waals surface area contributed by atoms with E-state index in [4.69, 9.17) is 0 Å². The van der Waals surface area contributed by atoms with Crippen LogP contribution in [-0.4, -0.2) is 9.13 Å². The molecule has 1 unspecified atom stereocenters. The fourth-order valence-electron chi connectivity index (χ4n) is 5.04. The summed E-state index contributed by atoms with van der Waals surface area (Å²) in [7, 11) is 0. The predicted molar refractivity (Wildman–Crippen MR) is 129 cm³/mol. The summed E-state index contributed by atoms with van der Waals surface area (Å²) < 4.78 is 4.97. The van der Waals surface area contributed by atoms with Gasteiger partial charge < -0.3 is 9.13 Å². The van der Waals surface area contributed by atoms with Gasteiger partial charge in [-0.1, -0.05) is 67.6 Å². The Morgan fingerprint density at radius 2 is 1.30 bits per heavy atom. The summed E-state index contributed by atoms with van der Waals surface area (Å²) in [6.45, 7) is 4.61. The topological polar surface area (TPSA) is 9.86 Å². The molecule has 146 valence electrons. The van der Waals surface area contributed by atoms with Gasteiger partial charge in [-0.15, -0.1) is 0 Å². The van der Waals surface area contributed by atoms with Crippen molar-refractivity contribution in [1.29, 1.82) is 0 Å². The van der Waals surface area contributed by atoms with Gasteiger partial charge in [0.15, 0.2) is 0 Å². The van der Waals surface area contributed by atoms with Gasteiger partial charge in [-0.05, 0) is 43.7 Å². The van der Waals surface area contributed by atoms with Crippen molar-refractivity contribution in [3.63, 3.8) is 0 Å². The monoisotopic (exact) mass is 388 g/mol. The molecule has 30 heavy (non-hydrogen) atoms. The third kappa shape index (κ3) is 2.25. The number of nitrogens with zero attached hydrogens (tertiary/aromatic N) is 2. The molecule has 0 saturated carbocycles. The van der Waals surface area contributed by atoms with Crippen molar-refractivity contribution < 1.29 is 0 Å². The summed E-state index contributed by atoms with van der Waals surface area (Å²) in [5, 5.41) is 5.35. The standard InChI is InChI=1S/C28H24N2/c1-3-19(2)29-24-15-9-7-13-21(24)22-17-18-26-27(28(22)29)23-14-8-10-16-25(23)30(26)20-11-5-4-6-12-20/h4-19H,3H2,1-2H3. The molecule has 0 radical (unpaired) electrons. The first-order chi connectivity index (χ1) is 14.8. The summed E-state index contributed by atoms with van der Waals surface area (Å²) in [5.41, 5.74) is 6.41. The molecule has 0 N–H and O–H groups in total. The van der Waals surface area contributed by atoms with Gasteiger partial charge in [-0.3, -0.25) is 0 Å². The van der Waals surface area contributed by atoms with E-state index in [1.54, 1.807) is 0 Å². The molecular weight excluding hydrogens is 364 g/mol. The largest absolute Gasteiger partial charge is 0.337 e. The first-order valence-electron chi connectivity index (χ1n) is 10.8. The molecule has 0 aliphatic carbocycles. The van der Waals surface area contributed by atoms with Gasteiger partial charge in [0.1, 0.15) is 0 Å². The molecule has 2 heterocycles. The minimum absolute atomic E-state index is 0.428. The van der Waals surface area contributed by atoms with Crippen molar-refractivity contribution in [3.8, 4) is 5.69 Å². The molecule has 6 aromatic rings. The van der Waals surface area contributed by atoms with E-state index in [9.17, 15) is 0 Å². The number of para-hydroxylation sites is 3. The van der Waals surface area contributed by atoms with Crippen LogP contribution < -0.4 is 0 Å². The van der Waals surface area contributed by atoms with E-state index in [2.05, 4.69) is 114 Å². The van der Waals surface area contributed by atoms with Gasteiger partial charge in [0.25, 0.3) is 0 Å². The van der Waals surface area contributed by atoms with Gasteiger partial charge in [-0.2, -0.15) is 0 Å². The lowest BCUT2D eigenvalue weighted by Gasteiger charge is -2.15. The van der Waals surface area contributed by atoms with Crippen LogP contribution in [0.25, 0.3) is 49.3 Å². The molecule has 2 aromatic heterocycles. The minimum atomic E-state index is 0.428. The summed E-state index contributed by atoms with van der Waals surface area (Å²) in [6, 6.07) is 33.4.